The van der Waals surface area contributed by atoms with Gasteiger partial charge in [0.05, 0.1) is 34.6 Å². The fourth-order valence-electron chi connectivity index (χ4n) is 2.04. The Morgan fingerprint density at radius 3 is 2.60 bits per heavy atom. The van der Waals surface area contributed by atoms with Crippen molar-refractivity contribution in [3.8, 4) is 0 Å². The van der Waals surface area contributed by atoms with Crippen LogP contribution in [0.3, 0.4) is 0 Å². The minimum atomic E-state index is -0.396. The summed E-state index contributed by atoms with van der Waals surface area (Å²) in [5, 5.41) is 3.86. The predicted molar refractivity (Wildman–Crippen MR) is 81.4 cm³/mol. The number of halogens is 2. The summed E-state index contributed by atoms with van der Waals surface area (Å²) in [6.45, 7) is 4.17. The summed E-state index contributed by atoms with van der Waals surface area (Å²) < 4.78 is 5.23. The SMILES string of the molecule is CC(Nc1cc(Cl)c(Cl)cc1N)C(=O)N1CCOCC1. The summed E-state index contributed by atoms with van der Waals surface area (Å²) in [5.74, 6) is 0.0128. The number of morpholine rings is 1. The third kappa shape index (κ3) is 3.48. The third-order valence-corrected chi connectivity index (χ3v) is 3.88. The van der Waals surface area contributed by atoms with Crippen LogP contribution in [0.2, 0.25) is 10.0 Å². The fraction of sp³-hybridized carbons (Fsp3) is 0.462. The van der Waals surface area contributed by atoms with Gasteiger partial charge in [-0.3, -0.25) is 4.79 Å². The zero-order chi connectivity index (χ0) is 14.7. The molecule has 0 bridgehead atoms. The Labute approximate surface area is 128 Å². The van der Waals surface area contributed by atoms with Crippen LogP contribution in [0, 0.1) is 0 Å². The Hall–Kier alpha value is -1.17. The highest BCUT2D eigenvalue weighted by Crippen LogP contribution is 2.31. The van der Waals surface area contributed by atoms with Gasteiger partial charge in [-0.15, -0.1) is 0 Å². The van der Waals surface area contributed by atoms with E-state index in [1.807, 2.05) is 0 Å². The average molecular weight is 318 g/mol. The molecule has 0 spiro atoms. The number of hydrogen-bond donors (Lipinski definition) is 2. The molecule has 1 heterocycles. The van der Waals surface area contributed by atoms with Gasteiger partial charge in [-0.25, -0.2) is 0 Å². The minimum absolute atomic E-state index is 0.0128. The molecule has 2 rings (SSSR count). The second-order valence-corrected chi connectivity index (χ2v) is 5.47. The lowest BCUT2D eigenvalue weighted by Crippen LogP contribution is -2.47. The van der Waals surface area contributed by atoms with E-state index >= 15 is 0 Å². The number of nitrogens with zero attached hydrogens (tertiary/aromatic N) is 1. The maximum atomic E-state index is 12.3. The largest absolute Gasteiger partial charge is 0.397 e. The van der Waals surface area contributed by atoms with Crippen LogP contribution in [-0.2, 0) is 9.53 Å². The topological polar surface area (TPSA) is 67.6 Å². The predicted octanol–water partition coefficient (Wildman–Crippen LogP) is 2.23. The van der Waals surface area contributed by atoms with Crippen molar-refractivity contribution in [2.75, 3.05) is 37.4 Å². The monoisotopic (exact) mass is 317 g/mol. The molecule has 1 aliphatic heterocycles. The number of rotatable bonds is 3. The highest BCUT2D eigenvalue weighted by Gasteiger charge is 2.22. The lowest BCUT2D eigenvalue weighted by Gasteiger charge is -2.30. The van der Waals surface area contributed by atoms with E-state index in [0.29, 0.717) is 47.7 Å². The molecular formula is C13H17Cl2N3O2. The number of nitrogens with one attached hydrogen (secondary N) is 1. The number of hydrogen-bond acceptors (Lipinski definition) is 4. The first kappa shape index (κ1) is 15.2. The molecule has 1 amide bonds. The van der Waals surface area contributed by atoms with Gasteiger partial charge in [-0.05, 0) is 19.1 Å². The van der Waals surface area contributed by atoms with E-state index in [-0.39, 0.29) is 5.91 Å². The van der Waals surface area contributed by atoms with Crippen molar-refractivity contribution in [1.29, 1.82) is 0 Å². The van der Waals surface area contributed by atoms with Crippen molar-refractivity contribution in [3.63, 3.8) is 0 Å². The second-order valence-electron chi connectivity index (χ2n) is 4.66. The Morgan fingerprint density at radius 1 is 1.35 bits per heavy atom. The summed E-state index contributed by atoms with van der Waals surface area (Å²) in [4.78, 5) is 14.0. The van der Waals surface area contributed by atoms with E-state index < -0.39 is 6.04 Å². The highest BCUT2D eigenvalue weighted by atomic mass is 35.5. The van der Waals surface area contributed by atoms with Gasteiger partial charge in [0.1, 0.15) is 6.04 Å². The molecule has 1 atom stereocenters. The lowest BCUT2D eigenvalue weighted by molar-refractivity contribution is -0.135. The summed E-state index contributed by atoms with van der Waals surface area (Å²) >= 11 is 11.8. The molecule has 1 aromatic rings. The highest BCUT2D eigenvalue weighted by molar-refractivity contribution is 6.42. The first-order valence-electron chi connectivity index (χ1n) is 6.36. The number of nitrogens with two attached hydrogens (primary N) is 1. The van der Waals surface area contributed by atoms with Crippen molar-refractivity contribution < 1.29 is 9.53 Å². The van der Waals surface area contributed by atoms with Crippen LogP contribution in [0.4, 0.5) is 11.4 Å². The van der Waals surface area contributed by atoms with E-state index in [1.165, 1.54) is 0 Å². The number of carbonyl (C=O) groups excluding carboxylic acids is 1. The van der Waals surface area contributed by atoms with Crippen molar-refractivity contribution in [1.82, 2.24) is 4.90 Å². The molecule has 0 aliphatic carbocycles. The Balaban J connectivity index is 2.05. The van der Waals surface area contributed by atoms with Gasteiger partial charge in [-0.1, -0.05) is 23.2 Å². The van der Waals surface area contributed by atoms with Crippen LogP contribution in [0.25, 0.3) is 0 Å². The molecule has 0 saturated carbocycles. The molecule has 5 nitrogen and oxygen atoms in total. The standard InChI is InChI=1S/C13H17Cl2N3O2/c1-8(13(19)18-2-4-20-5-3-18)17-12-7-10(15)9(14)6-11(12)16/h6-8,17H,2-5,16H2,1H3. The van der Waals surface area contributed by atoms with Gasteiger partial charge in [-0.2, -0.15) is 0 Å². The van der Waals surface area contributed by atoms with Crippen molar-refractivity contribution in [2.45, 2.75) is 13.0 Å². The smallest absolute Gasteiger partial charge is 0.244 e. The third-order valence-electron chi connectivity index (χ3n) is 3.16. The molecule has 1 fully saturated rings. The minimum Gasteiger partial charge on any atom is -0.397 e. The number of carbonyl (C=O) groups is 1. The van der Waals surface area contributed by atoms with Crippen LogP contribution >= 0.6 is 23.2 Å². The molecular weight excluding hydrogens is 301 g/mol. The Kier molecular flexibility index (Phi) is 4.96. The Bertz CT molecular complexity index is 505. The molecule has 0 radical (unpaired) electrons. The van der Waals surface area contributed by atoms with Crippen LogP contribution in [0.15, 0.2) is 12.1 Å². The molecule has 3 N–H and O–H groups in total. The lowest BCUT2D eigenvalue weighted by atomic mass is 10.2. The maximum absolute atomic E-state index is 12.3. The van der Waals surface area contributed by atoms with Crippen LogP contribution in [-0.4, -0.2) is 43.2 Å². The van der Waals surface area contributed by atoms with E-state index in [0.717, 1.165) is 0 Å². The summed E-state index contributed by atoms with van der Waals surface area (Å²) in [6.07, 6.45) is 0. The maximum Gasteiger partial charge on any atom is 0.244 e. The van der Waals surface area contributed by atoms with Crippen LogP contribution in [0.5, 0.6) is 0 Å². The van der Waals surface area contributed by atoms with Gasteiger partial charge in [0, 0.05) is 13.1 Å². The normalized spacial score (nSPS) is 16.9. The molecule has 20 heavy (non-hydrogen) atoms. The summed E-state index contributed by atoms with van der Waals surface area (Å²) in [5.41, 5.74) is 6.93. The quantitative estimate of drug-likeness (QED) is 0.839. The molecule has 110 valence electrons. The summed E-state index contributed by atoms with van der Waals surface area (Å²) in [7, 11) is 0. The number of nitrogen functional groups attached to an aromatic ring is 1. The average Bonchev–Trinajstić information content (AvgIpc) is 2.44. The van der Waals surface area contributed by atoms with E-state index in [2.05, 4.69) is 5.32 Å². The number of anilines is 2. The number of amides is 1. The number of ether oxygens (including phenoxy) is 1. The van der Waals surface area contributed by atoms with Gasteiger partial charge in [0.25, 0.3) is 0 Å². The van der Waals surface area contributed by atoms with Crippen molar-refractivity contribution >= 4 is 40.5 Å². The zero-order valence-corrected chi connectivity index (χ0v) is 12.7. The van der Waals surface area contributed by atoms with Crippen molar-refractivity contribution in [2.24, 2.45) is 0 Å². The summed E-state index contributed by atoms with van der Waals surface area (Å²) in [6, 6.07) is 2.80. The fourth-order valence-corrected chi connectivity index (χ4v) is 2.38. The van der Waals surface area contributed by atoms with Gasteiger partial charge in [0.2, 0.25) is 5.91 Å². The first-order valence-corrected chi connectivity index (χ1v) is 7.12. The molecule has 1 aliphatic rings. The molecule has 0 aromatic heterocycles. The zero-order valence-electron chi connectivity index (χ0n) is 11.2. The van der Waals surface area contributed by atoms with Crippen LogP contribution < -0.4 is 11.1 Å². The Morgan fingerprint density at radius 2 is 1.95 bits per heavy atom. The van der Waals surface area contributed by atoms with Crippen molar-refractivity contribution in [3.05, 3.63) is 22.2 Å². The van der Waals surface area contributed by atoms with E-state index in [1.54, 1.807) is 24.0 Å². The van der Waals surface area contributed by atoms with E-state index in [9.17, 15) is 4.79 Å². The van der Waals surface area contributed by atoms with Crippen LogP contribution in [0.1, 0.15) is 6.92 Å². The number of benzene rings is 1. The first-order chi connectivity index (χ1) is 9.49. The van der Waals surface area contributed by atoms with Gasteiger partial charge < -0.3 is 20.7 Å². The molecule has 1 aromatic carbocycles. The molecule has 7 heteroatoms. The van der Waals surface area contributed by atoms with Gasteiger partial charge >= 0.3 is 0 Å². The second kappa shape index (κ2) is 6.52. The molecule has 1 saturated heterocycles. The van der Waals surface area contributed by atoms with E-state index in [4.69, 9.17) is 33.7 Å². The van der Waals surface area contributed by atoms with Gasteiger partial charge in [0.15, 0.2) is 0 Å². The molecule has 1 unspecified atom stereocenters.